The molecule has 118 valence electrons. The maximum absolute atomic E-state index is 11.9. The molecule has 0 bridgehead atoms. The van der Waals surface area contributed by atoms with E-state index in [0.29, 0.717) is 17.0 Å². The maximum Gasteiger partial charge on any atom is 0.224 e. The van der Waals surface area contributed by atoms with E-state index in [1.54, 1.807) is 6.92 Å². The van der Waals surface area contributed by atoms with Crippen LogP contribution in [-0.4, -0.2) is 11.0 Å². The van der Waals surface area contributed by atoms with Crippen molar-refractivity contribution in [2.75, 3.05) is 5.32 Å². The number of anilines is 1. The Kier molecular flexibility index (Phi) is 7.91. The molecule has 1 amide bonds. The van der Waals surface area contributed by atoms with Crippen molar-refractivity contribution in [3.63, 3.8) is 0 Å². The van der Waals surface area contributed by atoms with Gasteiger partial charge in [0.2, 0.25) is 5.91 Å². The molecule has 0 radical (unpaired) electrons. The molecule has 0 fully saturated rings. The van der Waals surface area contributed by atoms with Gasteiger partial charge >= 0.3 is 0 Å². The van der Waals surface area contributed by atoms with Gasteiger partial charge < -0.3 is 10.4 Å². The molecule has 0 aromatic heterocycles. The van der Waals surface area contributed by atoms with Crippen LogP contribution in [0.2, 0.25) is 10.0 Å². The Morgan fingerprint density at radius 3 is 2.48 bits per heavy atom. The number of aromatic hydroxyl groups is 1. The molecule has 0 heterocycles. The normalized spacial score (nSPS) is 10.7. The van der Waals surface area contributed by atoms with E-state index >= 15 is 0 Å². The van der Waals surface area contributed by atoms with Crippen LogP contribution in [0.1, 0.15) is 57.4 Å². The molecule has 2 N–H and O–H groups in total. The number of rotatable bonds is 8. The van der Waals surface area contributed by atoms with Crippen molar-refractivity contribution in [1.82, 2.24) is 0 Å². The lowest BCUT2D eigenvalue weighted by Crippen LogP contribution is -2.11. The second-order valence-corrected chi connectivity index (χ2v) is 6.04. The van der Waals surface area contributed by atoms with E-state index in [2.05, 4.69) is 12.2 Å². The van der Waals surface area contributed by atoms with Crippen LogP contribution in [-0.2, 0) is 4.79 Å². The van der Waals surface area contributed by atoms with Gasteiger partial charge in [-0.15, -0.1) is 0 Å². The first-order valence-corrected chi connectivity index (χ1v) is 8.20. The van der Waals surface area contributed by atoms with Gasteiger partial charge in [-0.1, -0.05) is 62.2 Å². The summed E-state index contributed by atoms with van der Waals surface area (Å²) < 4.78 is 0. The summed E-state index contributed by atoms with van der Waals surface area (Å²) in [5.41, 5.74) is 0.872. The molecule has 1 rings (SSSR count). The first-order valence-electron chi connectivity index (χ1n) is 7.44. The summed E-state index contributed by atoms with van der Waals surface area (Å²) in [4.78, 5) is 11.9. The minimum atomic E-state index is -0.130. The summed E-state index contributed by atoms with van der Waals surface area (Å²) in [5.74, 6) is -0.258. The minimum absolute atomic E-state index is 0.128. The number of halogens is 2. The highest BCUT2D eigenvalue weighted by Crippen LogP contribution is 2.38. The van der Waals surface area contributed by atoms with Crippen LogP contribution in [0.5, 0.6) is 5.75 Å². The third-order valence-corrected chi connectivity index (χ3v) is 4.31. The molecule has 0 saturated heterocycles. The average Bonchev–Trinajstić information content (AvgIpc) is 2.46. The molecule has 0 unspecified atom stereocenters. The Morgan fingerprint density at radius 2 is 1.81 bits per heavy atom. The zero-order chi connectivity index (χ0) is 15.8. The second-order valence-electron chi connectivity index (χ2n) is 5.26. The van der Waals surface area contributed by atoms with Gasteiger partial charge in [0.15, 0.2) is 5.75 Å². The topological polar surface area (TPSA) is 49.3 Å². The zero-order valence-corrected chi connectivity index (χ0v) is 14.2. The van der Waals surface area contributed by atoms with E-state index in [4.69, 9.17) is 23.2 Å². The molecular weight excluding hydrogens is 309 g/mol. The summed E-state index contributed by atoms with van der Waals surface area (Å²) in [5, 5.41) is 13.2. The van der Waals surface area contributed by atoms with Crippen molar-refractivity contribution >= 4 is 34.8 Å². The number of phenolic OH excluding ortho intramolecular Hbond substituents is 1. The van der Waals surface area contributed by atoms with Crippen molar-refractivity contribution in [2.24, 2.45) is 0 Å². The Hall–Kier alpha value is -0.930. The SMILES string of the molecule is CCCCCCCCC(=O)Nc1cc(Cl)c(C)c(Cl)c1O. The van der Waals surface area contributed by atoms with Crippen molar-refractivity contribution in [1.29, 1.82) is 0 Å². The molecule has 0 aliphatic heterocycles. The Morgan fingerprint density at radius 1 is 1.19 bits per heavy atom. The van der Waals surface area contributed by atoms with Crippen LogP contribution in [0.15, 0.2) is 6.07 Å². The Bertz CT molecular complexity index is 490. The first-order chi connectivity index (χ1) is 9.97. The Balaban J connectivity index is 2.45. The summed E-state index contributed by atoms with van der Waals surface area (Å²) in [6.07, 6.45) is 7.19. The molecule has 0 aliphatic rings. The highest BCUT2D eigenvalue weighted by molar-refractivity contribution is 6.37. The number of carbonyl (C=O) groups is 1. The lowest BCUT2D eigenvalue weighted by molar-refractivity contribution is -0.116. The van der Waals surface area contributed by atoms with Crippen LogP contribution in [0, 0.1) is 6.92 Å². The van der Waals surface area contributed by atoms with Gasteiger partial charge in [-0.2, -0.15) is 0 Å². The minimum Gasteiger partial charge on any atom is -0.504 e. The van der Waals surface area contributed by atoms with Gasteiger partial charge in [0.25, 0.3) is 0 Å². The van der Waals surface area contributed by atoms with Crippen molar-refractivity contribution in [3.8, 4) is 5.75 Å². The third-order valence-electron chi connectivity index (χ3n) is 3.45. The predicted molar refractivity (Wildman–Crippen MR) is 89.5 cm³/mol. The van der Waals surface area contributed by atoms with E-state index in [1.165, 1.54) is 25.3 Å². The van der Waals surface area contributed by atoms with Crippen molar-refractivity contribution in [3.05, 3.63) is 21.7 Å². The van der Waals surface area contributed by atoms with Crippen LogP contribution in [0.4, 0.5) is 5.69 Å². The number of benzene rings is 1. The van der Waals surface area contributed by atoms with E-state index in [1.807, 2.05) is 0 Å². The van der Waals surface area contributed by atoms with E-state index in [-0.39, 0.29) is 22.4 Å². The van der Waals surface area contributed by atoms with Crippen molar-refractivity contribution < 1.29 is 9.90 Å². The molecule has 3 nitrogen and oxygen atoms in total. The van der Waals surface area contributed by atoms with Gasteiger partial charge in [-0.3, -0.25) is 4.79 Å². The molecule has 0 saturated carbocycles. The molecule has 1 aromatic rings. The van der Waals surface area contributed by atoms with Crippen LogP contribution >= 0.6 is 23.2 Å². The quantitative estimate of drug-likeness (QED) is 0.474. The molecule has 0 atom stereocenters. The number of amides is 1. The number of hydrogen-bond donors (Lipinski definition) is 2. The van der Waals surface area contributed by atoms with Crippen LogP contribution < -0.4 is 5.32 Å². The fourth-order valence-electron chi connectivity index (χ4n) is 2.08. The lowest BCUT2D eigenvalue weighted by atomic mass is 10.1. The summed E-state index contributed by atoms with van der Waals surface area (Å²) in [6, 6.07) is 1.53. The molecule has 0 aliphatic carbocycles. The van der Waals surface area contributed by atoms with Gasteiger partial charge in [0.05, 0.1) is 10.7 Å². The van der Waals surface area contributed by atoms with Crippen LogP contribution in [0.3, 0.4) is 0 Å². The monoisotopic (exact) mass is 331 g/mol. The molecular formula is C16H23Cl2NO2. The zero-order valence-electron chi connectivity index (χ0n) is 12.6. The van der Waals surface area contributed by atoms with Gasteiger partial charge in [-0.25, -0.2) is 0 Å². The number of hydrogen-bond acceptors (Lipinski definition) is 2. The fraction of sp³-hybridized carbons (Fsp3) is 0.562. The summed E-state index contributed by atoms with van der Waals surface area (Å²) in [6.45, 7) is 3.89. The first kappa shape index (κ1) is 18.1. The average molecular weight is 332 g/mol. The Labute approximate surface area is 136 Å². The molecule has 1 aromatic carbocycles. The second kappa shape index (κ2) is 9.16. The smallest absolute Gasteiger partial charge is 0.224 e. The van der Waals surface area contributed by atoms with Crippen molar-refractivity contribution in [2.45, 2.75) is 58.8 Å². The highest BCUT2D eigenvalue weighted by atomic mass is 35.5. The van der Waals surface area contributed by atoms with E-state index < -0.39 is 0 Å². The lowest BCUT2D eigenvalue weighted by Gasteiger charge is -2.11. The number of unbranched alkanes of at least 4 members (excludes halogenated alkanes) is 5. The number of phenols is 1. The largest absolute Gasteiger partial charge is 0.504 e. The van der Waals surface area contributed by atoms with E-state index in [9.17, 15) is 9.90 Å². The molecule has 21 heavy (non-hydrogen) atoms. The van der Waals surface area contributed by atoms with Crippen LogP contribution in [0.25, 0.3) is 0 Å². The number of nitrogens with one attached hydrogen (secondary N) is 1. The van der Waals surface area contributed by atoms with Gasteiger partial charge in [-0.05, 0) is 25.0 Å². The number of carbonyl (C=O) groups excluding carboxylic acids is 1. The predicted octanol–water partition coefficient (Wildman–Crippen LogP) is 5.70. The summed E-state index contributed by atoms with van der Waals surface area (Å²) >= 11 is 12.0. The van der Waals surface area contributed by atoms with E-state index in [0.717, 1.165) is 19.3 Å². The standard InChI is InChI=1S/C16H23Cl2NO2/c1-3-4-5-6-7-8-9-14(20)19-13-10-12(17)11(2)15(18)16(13)21/h10,21H,3-9H2,1-2H3,(H,19,20). The highest BCUT2D eigenvalue weighted by Gasteiger charge is 2.14. The fourth-order valence-corrected chi connectivity index (χ4v) is 2.53. The summed E-state index contributed by atoms with van der Waals surface area (Å²) in [7, 11) is 0. The molecule has 0 spiro atoms. The van der Waals surface area contributed by atoms with Gasteiger partial charge in [0.1, 0.15) is 0 Å². The molecule has 5 heteroatoms. The van der Waals surface area contributed by atoms with Gasteiger partial charge in [0, 0.05) is 11.4 Å². The third kappa shape index (κ3) is 5.76. The maximum atomic E-state index is 11.9.